The standard InChI is InChI=1S/C21H29FN4O2/c1-4-6-19(27)23-12-16-7-5-10-26(13-16)15(3)21-24-20(25-28-21)17-9-8-14(2)18(22)11-17/h8-9,11,15-16H,4-7,10,12-13H2,1-3H3,(H,23,27). The Morgan fingerprint density at radius 2 is 2.29 bits per heavy atom. The molecule has 1 saturated heterocycles. The molecule has 2 atom stereocenters. The van der Waals surface area contributed by atoms with Crippen LogP contribution in [0.5, 0.6) is 0 Å². The van der Waals surface area contributed by atoms with Gasteiger partial charge in [-0.05, 0) is 57.2 Å². The van der Waals surface area contributed by atoms with E-state index in [-0.39, 0.29) is 17.8 Å². The van der Waals surface area contributed by atoms with Gasteiger partial charge in [-0.25, -0.2) is 4.39 Å². The molecular weight excluding hydrogens is 359 g/mol. The van der Waals surface area contributed by atoms with Gasteiger partial charge in [0.25, 0.3) is 0 Å². The number of piperidine rings is 1. The van der Waals surface area contributed by atoms with Gasteiger partial charge >= 0.3 is 0 Å². The summed E-state index contributed by atoms with van der Waals surface area (Å²) in [6.07, 6.45) is 3.62. The van der Waals surface area contributed by atoms with Crippen molar-refractivity contribution in [2.24, 2.45) is 5.92 Å². The quantitative estimate of drug-likeness (QED) is 0.780. The second-order valence-corrected chi connectivity index (χ2v) is 7.65. The number of aromatic nitrogens is 2. The van der Waals surface area contributed by atoms with Gasteiger partial charge in [0, 0.05) is 25.1 Å². The van der Waals surface area contributed by atoms with Crippen LogP contribution in [0.4, 0.5) is 4.39 Å². The van der Waals surface area contributed by atoms with E-state index >= 15 is 0 Å². The molecule has 1 aliphatic heterocycles. The molecule has 0 bridgehead atoms. The van der Waals surface area contributed by atoms with E-state index in [1.54, 1.807) is 19.1 Å². The molecule has 2 heterocycles. The third kappa shape index (κ3) is 4.95. The van der Waals surface area contributed by atoms with Crippen molar-refractivity contribution in [3.63, 3.8) is 0 Å². The Kier molecular flexibility index (Phi) is 6.78. The van der Waals surface area contributed by atoms with Crippen LogP contribution in [0.3, 0.4) is 0 Å². The van der Waals surface area contributed by atoms with E-state index in [0.717, 1.165) is 32.4 Å². The van der Waals surface area contributed by atoms with Crippen molar-refractivity contribution in [3.8, 4) is 11.4 Å². The molecule has 2 unspecified atom stereocenters. The maximum Gasteiger partial charge on any atom is 0.244 e. The SMILES string of the molecule is CCCC(=O)NCC1CCCN(C(C)c2nc(-c3ccc(C)c(F)c3)no2)C1. The number of carbonyl (C=O) groups excluding carboxylic acids is 1. The van der Waals surface area contributed by atoms with Crippen LogP contribution in [0.1, 0.15) is 57.0 Å². The van der Waals surface area contributed by atoms with Crippen molar-refractivity contribution in [2.75, 3.05) is 19.6 Å². The van der Waals surface area contributed by atoms with Crippen LogP contribution in [0.15, 0.2) is 22.7 Å². The first kappa shape index (κ1) is 20.5. The smallest absolute Gasteiger partial charge is 0.244 e. The Labute approximate surface area is 165 Å². The van der Waals surface area contributed by atoms with Gasteiger partial charge in [-0.2, -0.15) is 4.98 Å². The zero-order valence-electron chi connectivity index (χ0n) is 16.9. The number of likely N-dealkylation sites (tertiary alicyclic amines) is 1. The Morgan fingerprint density at radius 1 is 1.46 bits per heavy atom. The monoisotopic (exact) mass is 388 g/mol. The molecule has 28 heavy (non-hydrogen) atoms. The van der Waals surface area contributed by atoms with Crippen molar-refractivity contribution < 1.29 is 13.7 Å². The van der Waals surface area contributed by atoms with Crippen LogP contribution in [-0.4, -0.2) is 40.6 Å². The normalized spacial score (nSPS) is 18.8. The summed E-state index contributed by atoms with van der Waals surface area (Å²) in [7, 11) is 0. The largest absolute Gasteiger partial charge is 0.356 e. The number of benzene rings is 1. The van der Waals surface area contributed by atoms with Crippen LogP contribution in [0.25, 0.3) is 11.4 Å². The maximum absolute atomic E-state index is 13.8. The van der Waals surface area contributed by atoms with E-state index in [1.165, 1.54) is 6.07 Å². The zero-order chi connectivity index (χ0) is 20.1. The van der Waals surface area contributed by atoms with Gasteiger partial charge in [-0.15, -0.1) is 0 Å². The molecule has 0 aliphatic carbocycles. The molecule has 1 amide bonds. The van der Waals surface area contributed by atoms with E-state index < -0.39 is 0 Å². The summed E-state index contributed by atoms with van der Waals surface area (Å²) in [6, 6.07) is 4.93. The van der Waals surface area contributed by atoms with Gasteiger partial charge < -0.3 is 9.84 Å². The van der Waals surface area contributed by atoms with Gasteiger partial charge in [0.1, 0.15) is 5.82 Å². The average molecular weight is 388 g/mol. The Hall–Kier alpha value is -2.28. The van der Waals surface area contributed by atoms with E-state index in [4.69, 9.17) is 4.52 Å². The number of amides is 1. The number of aryl methyl sites for hydroxylation is 1. The molecule has 0 radical (unpaired) electrons. The number of nitrogens with zero attached hydrogens (tertiary/aromatic N) is 3. The first-order valence-electron chi connectivity index (χ1n) is 10.1. The van der Waals surface area contributed by atoms with Crippen molar-refractivity contribution in [2.45, 2.75) is 52.5 Å². The summed E-state index contributed by atoms with van der Waals surface area (Å²) < 4.78 is 19.3. The highest BCUT2D eigenvalue weighted by Gasteiger charge is 2.28. The number of nitrogens with one attached hydrogen (secondary N) is 1. The molecule has 1 fully saturated rings. The molecule has 152 valence electrons. The second kappa shape index (κ2) is 9.28. The zero-order valence-corrected chi connectivity index (χ0v) is 16.9. The Morgan fingerprint density at radius 3 is 3.04 bits per heavy atom. The number of hydrogen-bond acceptors (Lipinski definition) is 5. The van der Waals surface area contributed by atoms with Crippen molar-refractivity contribution in [1.82, 2.24) is 20.4 Å². The van der Waals surface area contributed by atoms with Gasteiger partial charge in [-0.1, -0.05) is 24.2 Å². The molecule has 1 aliphatic rings. The first-order chi connectivity index (χ1) is 13.5. The third-order valence-corrected chi connectivity index (χ3v) is 5.39. The highest BCUT2D eigenvalue weighted by molar-refractivity contribution is 5.75. The van der Waals surface area contributed by atoms with Crippen LogP contribution >= 0.6 is 0 Å². The Balaban J connectivity index is 1.62. The van der Waals surface area contributed by atoms with Gasteiger partial charge in [0.2, 0.25) is 17.6 Å². The minimum Gasteiger partial charge on any atom is -0.356 e. The van der Waals surface area contributed by atoms with Crippen molar-refractivity contribution in [1.29, 1.82) is 0 Å². The minimum absolute atomic E-state index is 0.0225. The lowest BCUT2D eigenvalue weighted by atomic mass is 9.96. The number of rotatable bonds is 7. The fourth-order valence-corrected chi connectivity index (χ4v) is 3.60. The van der Waals surface area contributed by atoms with Gasteiger partial charge in [0.05, 0.1) is 6.04 Å². The average Bonchev–Trinajstić information content (AvgIpc) is 3.18. The van der Waals surface area contributed by atoms with E-state index in [9.17, 15) is 9.18 Å². The van der Waals surface area contributed by atoms with Crippen molar-refractivity contribution in [3.05, 3.63) is 35.5 Å². The molecule has 7 heteroatoms. The fourth-order valence-electron chi connectivity index (χ4n) is 3.60. The number of carbonyl (C=O) groups is 1. The summed E-state index contributed by atoms with van der Waals surface area (Å²) in [5, 5.41) is 7.07. The van der Waals surface area contributed by atoms with Crippen molar-refractivity contribution >= 4 is 5.91 Å². The molecule has 1 aromatic heterocycles. The highest BCUT2D eigenvalue weighted by Crippen LogP contribution is 2.27. The van der Waals surface area contributed by atoms with Crippen LogP contribution < -0.4 is 5.32 Å². The van der Waals surface area contributed by atoms with Crippen LogP contribution in [0, 0.1) is 18.7 Å². The minimum atomic E-state index is -0.277. The molecule has 6 nitrogen and oxygen atoms in total. The summed E-state index contributed by atoms with van der Waals surface area (Å²) in [5.74, 6) is 1.21. The van der Waals surface area contributed by atoms with Crippen LogP contribution in [0.2, 0.25) is 0 Å². The fraction of sp³-hybridized carbons (Fsp3) is 0.571. The third-order valence-electron chi connectivity index (χ3n) is 5.39. The molecular formula is C21H29FN4O2. The maximum atomic E-state index is 13.8. The topological polar surface area (TPSA) is 71.3 Å². The number of halogens is 1. The molecule has 1 N–H and O–H groups in total. The highest BCUT2D eigenvalue weighted by atomic mass is 19.1. The summed E-state index contributed by atoms with van der Waals surface area (Å²) in [4.78, 5) is 18.5. The molecule has 0 spiro atoms. The Bertz CT molecular complexity index is 807. The predicted molar refractivity (Wildman–Crippen MR) is 105 cm³/mol. The van der Waals surface area contributed by atoms with E-state index in [2.05, 4.69) is 20.4 Å². The van der Waals surface area contributed by atoms with Gasteiger partial charge in [-0.3, -0.25) is 9.69 Å². The van der Waals surface area contributed by atoms with Gasteiger partial charge in [0.15, 0.2) is 0 Å². The summed E-state index contributed by atoms with van der Waals surface area (Å²) in [6.45, 7) is 8.32. The predicted octanol–water partition coefficient (Wildman–Crippen LogP) is 3.87. The summed E-state index contributed by atoms with van der Waals surface area (Å²) in [5.41, 5.74) is 1.20. The first-order valence-corrected chi connectivity index (χ1v) is 10.1. The molecule has 2 aromatic rings. The molecule has 1 aromatic carbocycles. The molecule has 3 rings (SSSR count). The second-order valence-electron chi connectivity index (χ2n) is 7.65. The number of hydrogen-bond donors (Lipinski definition) is 1. The molecule has 0 saturated carbocycles. The summed E-state index contributed by atoms with van der Waals surface area (Å²) >= 11 is 0. The lowest BCUT2D eigenvalue weighted by Crippen LogP contribution is -2.42. The van der Waals surface area contributed by atoms with E-state index in [1.807, 2.05) is 13.8 Å². The lowest BCUT2D eigenvalue weighted by molar-refractivity contribution is -0.121. The lowest BCUT2D eigenvalue weighted by Gasteiger charge is -2.35. The van der Waals surface area contributed by atoms with E-state index in [0.29, 0.717) is 41.7 Å². The van der Waals surface area contributed by atoms with Crippen LogP contribution in [-0.2, 0) is 4.79 Å².